The van der Waals surface area contributed by atoms with Crippen LogP contribution in [0.3, 0.4) is 0 Å². The summed E-state index contributed by atoms with van der Waals surface area (Å²) in [5, 5.41) is 0. The van der Waals surface area contributed by atoms with Gasteiger partial charge >= 0.3 is 0 Å². The van der Waals surface area contributed by atoms with Crippen LogP contribution in [0.5, 0.6) is 0 Å². The molecular formula is C18H26N2O2S. The SMILES string of the molecule is c1cncc(CN2CC3(C[C@H](OCC4CCOCC4)CS3)C2)c1. The van der Waals surface area contributed by atoms with Gasteiger partial charge in [-0.2, -0.15) is 0 Å². The fourth-order valence-electron chi connectivity index (χ4n) is 3.95. The van der Waals surface area contributed by atoms with E-state index in [-0.39, 0.29) is 0 Å². The minimum Gasteiger partial charge on any atom is -0.381 e. The lowest BCUT2D eigenvalue weighted by Crippen LogP contribution is -2.58. The van der Waals surface area contributed by atoms with Gasteiger partial charge in [0.25, 0.3) is 0 Å². The van der Waals surface area contributed by atoms with Gasteiger partial charge in [-0.1, -0.05) is 6.07 Å². The van der Waals surface area contributed by atoms with Gasteiger partial charge in [-0.25, -0.2) is 0 Å². The second-order valence-corrected chi connectivity index (χ2v) is 8.70. The van der Waals surface area contributed by atoms with E-state index >= 15 is 0 Å². The van der Waals surface area contributed by atoms with E-state index < -0.39 is 0 Å². The second kappa shape index (κ2) is 7.09. The lowest BCUT2D eigenvalue weighted by molar-refractivity contribution is -0.0133. The van der Waals surface area contributed by atoms with E-state index in [1.807, 2.05) is 18.5 Å². The third kappa shape index (κ3) is 3.90. The maximum absolute atomic E-state index is 6.22. The Bertz CT molecular complexity index is 501. The molecule has 4 rings (SSSR count). The molecule has 0 bridgehead atoms. The van der Waals surface area contributed by atoms with Crippen molar-refractivity contribution in [1.29, 1.82) is 0 Å². The summed E-state index contributed by atoms with van der Waals surface area (Å²) in [6.07, 6.45) is 7.85. The zero-order chi connectivity index (χ0) is 15.5. The minimum absolute atomic E-state index is 0.461. The number of rotatable bonds is 5. The van der Waals surface area contributed by atoms with Crippen LogP contribution < -0.4 is 0 Å². The van der Waals surface area contributed by atoms with Crippen LogP contribution in [-0.4, -0.2) is 59.4 Å². The summed E-state index contributed by atoms with van der Waals surface area (Å²) < 4.78 is 12.1. The first-order valence-corrected chi connectivity index (χ1v) is 9.74. The number of thioether (sulfide) groups is 1. The summed E-state index contributed by atoms with van der Waals surface area (Å²) in [5.41, 5.74) is 1.32. The number of hydrogen-bond acceptors (Lipinski definition) is 5. The molecule has 0 radical (unpaired) electrons. The molecule has 23 heavy (non-hydrogen) atoms. The molecule has 126 valence electrons. The Hall–Kier alpha value is -0.620. The van der Waals surface area contributed by atoms with E-state index in [1.54, 1.807) is 0 Å². The number of ether oxygens (including phenoxy) is 2. The Balaban J connectivity index is 1.19. The van der Waals surface area contributed by atoms with Crippen LogP contribution in [-0.2, 0) is 16.0 Å². The third-order valence-corrected chi connectivity index (χ3v) is 6.81. The van der Waals surface area contributed by atoms with Crippen LogP contribution in [0, 0.1) is 5.92 Å². The summed E-state index contributed by atoms with van der Waals surface area (Å²) in [6, 6.07) is 4.19. The number of likely N-dealkylation sites (tertiary alicyclic amines) is 1. The highest BCUT2D eigenvalue weighted by Crippen LogP contribution is 2.46. The highest BCUT2D eigenvalue weighted by atomic mass is 32.2. The van der Waals surface area contributed by atoms with Gasteiger partial charge in [-0.15, -0.1) is 11.8 Å². The smallest absolute Gasteiger partial charge is 0.0680 e. The van der Waals surface area contributed by atoms with E-state index in [9.17, 15) is 0 Å². The zero-order valence-electron chi connectivity index (χ0n) is 13.7. The molecule has 3 saturated heterocycles. The molecule has 0 amide bonds. The molecule has 3 aliphatic rings. The van der Waals surface area contributed by atoms with Gasteiger partial charge in [0.15, 0.2) is 0 Å². The third-order valence-electron chi connectivity index (χ3n) is 5.24. The first-order valence-electron chi connectivity index (χ1n) is 8.76. The Morgan fingerprint density at radius 3 is 3.00 bits per heavy atom. The van der Waals surface area contributed by atoms with Crippen molar-refractivity contribution >= 4 is 11.8 Å². The molecule has 1 aromatic rings. The molecule has 1 spiro atoms. The Labute approximate surface area is 142 Å². The van der Waals surface area contributed by atoms with E-state index in [0.717, 1.165) is 26.4 Å². The summed E-state index contributed by atoms with van der Waals surface area (Å²) in [5.74, 6) is 1.89. The Morgan fingerprint density at radius 2 is 2.22 bits per heavy atom. The van der Waals surface area contributed by atoms with Crippen LogP contribution in [0.25, 0.3) is 0 Å². The van der Waals surface area contributed by atoms with Gasteiger partial charge in [-0.3, -0.25) is 9.88 Å². The summed E-state index contributed by atoms with van der Waals surface area (Å²) >= 11 is 2.13. The number of nitrogens with zero attached hydrogens (tertiary/aromatic N) is 2. The average Bonchev–Trinajstić information content (AvgIpc) is 2.99. The number of aromatic nitrogens is 1. The van der Waals surface area contributed by atoms with Crippen molar-refractivity contribution in [3.63, 3.8) is 0 Å². The van der Waals surface area contributed by atoms with Gasteiger partial charge in [0.1, 0.15) is 0 Å². The molecule has 3 fully saturated rings. The van der Waals surface area contributed by atoms with Crippen LogP contribution in [0.2, 0.25) is 0 Å². The molecule has 0 aromatic carbocycles. The van der Waals surface area contributed by atoms with E-state index in [2.05, 4.69) is 27.7 Å². The number of pyridine rings is 1. The molecule has 0 unspecified atom stereocenters. The van der Waals surface area contributed by atoms with Crippen molar-refractivity contribution < 1.29 is 9.47 Å². The van der Waals surface area contributed by atoms with Crippen molar-refractivity contribution in [3.05, 3.63) is 30.1 Å². The molecular weight excluding hydrogens is 308 g/mol. The van der Waals surface area contributed by atoms with Crippen LogP contribution in [0.1, 0.15) is 24.8 Å². The van der Waals surface area contributed by atoms with Crippen molar-refractivity contribution in [1.82, 2.24) is 9.88 Å². The normalized spacial score (nSPS) is 28.1. The van der Waals surface area contributed by atoms with E-state index in [0.29, 0.717) is 16.8 Å². The van der Waals surface area contributed by atoms with E-state index in [4.69, 9.17) is 9.47 Å². The molecule has 1 atom stereocenters. The predicted octanol–water partition coefficient (Wildman–Crippen LogP) is 2.58. The maximum atomic E-state index is 6.22. The molecule has 0 saturated carbocycles. The molecule has 4 nitrogen and oxygen atoms in total. The van der Waals surface area contributed by atoms with Crippen molar-refractivity contribution in [3.8, 4) is 0 Å². The van der Waals surface area contributed by atoms with Crippen molar-refractivity contribution in [2.24, 2.45) is 5.92 Å². The minimum atomic E-state index is 0.461. The van der Waals surface area contributed by atoms with Gasteiger partial charge in [0.2, 0.25) is 0 Å². The standard InChI is InChI=1S/C18H26N2O2S/c1-2-16(9-19-5-1)10-20-13-18(14-20)8-17(12-23-18)22-11-15-3-6-21-7-4-15/h1-2,5,9,15,17H,3-4,6-8,10-14H2/t17-/m0/s1. The first kappa shape index (κ1) is 15.9. The van der Waals surface area contributed by atoms with Gasteiger partial charge in [0.05, 0.1) is 6.10 Å². The fourth-order valence-corrected chi connectivity index (χ4v) is 5.55. The zero-order valence-corrected chi connectivity index (χ0v) is 14.5. The first-order chi connectivity index (χ1) is 11.3. The van der Waals surface area contributed by atoms with Gasteiger partial charge in [-0.05, 0) is 36.8 Å². The lowest BCUT2D eigenvalue weighted by atomic mass is 9.92. The monoisotopic (exact) mass is 334 g/mol. The van der Waals surface area contributed by atoms with Crippen molar-refractivity contribution in [2.75, 3.05) is 38.7 Å². The lowest BCUT2D eigenvalue weighted by Gasteiger charge is -2.47. The molecule has 3 aliphatic heterocycles. The molecule has 5 heteroatoms. The predicted molar refractivity (Wildman–Crippen MR) is 92.6 cm³/mol. The summed E-state index contributed by atoms with van der Waals surface area (Å²) in [4.78, 5) is 6.74. The highest BCUT2D eigenvalue weighted by molar-refractivity contribution is 8.01. The quantitative estimate of drug-likeness (QED) is 0.827. The summed E-state index contributed by atoms with van der Waals surface area (Å²) in [7, 11) is 0. The number of hydrogen-bond donors (Lipinski definition) is 0. The maximum Gasteiger partial charge on any atom is 0.0680 e. The Kier molecular flexibility index (Phi) is 4.90. The van der Waals surface area contributed by atoms with Crippen LogP contribution in [0.15, 0.2) is 24.5 Å². The van der Waals surface area contributed by atoms with Crippen LogP contribution >= 0.6 is 11.8 Å². The van der Waals surface area contributed by atoms with Gasteiger partial charge in [0, 0.05) is 62.3 Å². The molecule has 4 heterocycles. The average molecular weight is 334 g/mol. The molecule has 0 N–H and O–H groups in total. The fraction of sp³-hybridized carbons (Fsp3) is 0.722. The second-order valence-electron chi connectivity index (χ2n) is 7.22. The summed E-state index contributed by atoms with van der Waals surface area (Å²) in [6.45, 7) is 6.20. The molecule has 0 aliphatic carbocycles. The van der Waals surface area contributed by atoms with E-state index in [1.165, 1.54) is 43.7 Å². The largest absolute Gasteiger partial charge is 0.381 e. The molecule has 1 aromatic heterocycles. The van der Waals surface area contributed by atoms with Crippen molar-refractivity contribution in [2.45, 2.75) is 36.7 Å². The highest BCUT2D eigenvalue weighted by Gasteiger charge is 2.49. The Morgan fingerprint density at radius 1 is 1.35 bits per heavy atom. The van der Waals surface area contributed by atoms with Gasteiger partial charge < -0.3 is 9.47 Å². The topological polar surface area (TPSA) is 34.6 Å². The van der Waals surface area contributed by atoms with Crippen LogP contribution in [0.4, 0.5) is 0 Å².